The van der Waals surface area contributed by atoms with Crippen LogP contribution in [0.4, 0.5) is 14.5 Å². The van der Waals surface area contributed by atoms with Gasteiger partial charge in [-0.3, -0.25) is 4.79 Å². The fourth-order valence-corrected chi connectivity index (χ4v) is 3.10. The fourth-order valence-electron chi connectivity index (χ4n) is 3.10. The van der Waals surface area contributed by atoms with Crippen molar-refractivity contribution in [3.63, 3.8) is 0 Å². The van der Waals surface area contributed by atoms with Crippen molar-refractivity contribution < 1.29 is 18.0 Å². The third-order valence-electron chi connectivity index (χ3n) is 4.23. The molecule has 3 rings (SSSR count). The first kappa shape index (κ1) is 16.5. The van der Waals surface area contributed by atoms with Crippen LogP contribution < -0.4 is 5.32 Å². The van der Waals surface area contributed by atoms with E-state index < -0.39 is 11.6 Å². The summed E-state index contributed by atoms with van der Waals surface area (Å²) in [5.41, 5.74) is 1.34. The number of benzene rings is 1. The van der Waals surface area contributed by atoms with Crippen molar-refractivity contribution in [3.05, 3.63) is 53.0 Å². The van der Waals surface area contributed by atoms with E-state index in [1.165, 1.54) is 6.07 Å². The molecule has 2 heterocycles. The van der Waals surface area contributed by atoms with E-state index in [0.717, 1.165) is 30.5 Å². The Hall–Kier alpha value is -2.37. The highest BCUT2D eigenvalue weighted by atomic mass is 19.2. The van der Waals surface area contributed by atoms with Crippen LogP contribution in [0.25, 0.3) is 0 Å². The lowest BCUT2D eigenvalue weighted by Gasteiger charge is -2.33. The van der Waals surface area contributed by atoms with Crippen LogP contribution in [0.1, 0.15) is 34.7 Å². The Morgan fingerprint density at radius 1 is 1.25 bits per heavy atom. The molecule has 0 saturated carbocycles. The zero-order valence-corrected chi connectivity index (χ0v) is 13.7. The van der Waals surface area contributed by atoms with Crippen molar-refractivity contribution in [2.75, 3.05) is 18.4 Å². The van der Waals surface area contributed by atoms with Gasteiger partial charge in [-0.2, -0.15) is 0 Å². The Balaban J connectivity index is 1.68. The molecule has 0 unspecified atom stereocenters. The molecule has 4 nitrogen and oxygen atoms in total. The maximum absolute atomic E-state index is 13.3. The second-order valence-corrected chi connectivity index (χ2v) is 6.23. The summed E-state index contributed by atoms with van der Waals surface area (Å²) in [5.74, 6) is -0.794. The van der Waals surface area contributed by atoms with Gasteiger partial charge in [0, 0.05) is 36.4 Å². The standard InChI is InChI=1S/C18H20F2N2O2/c1-11-8-12(2)24-17(11)18(23)22-7-3-4-14(10-22)21-13-5-6-15(19)16(20)9-13/h5-6,8-9,14,21H,3-4,7,10H2,1-2H3/t14-/m1/s1. The molecule has 1 aromatic carbocycles. The van der Waals surface area contributed by atoms with Crippen LogP contribution in [-0.4, -0.2) is 29.9 Å². The predicted octanol–water partition coefficient (Wildman–Crippen LogP) is 3.89. The Kier molecular flexibility index (Phi) is 4.55. The van der Waals surface area contributed by atoms with Crippen LogP contribution in [0.3, 0.4) is 0 Å². The van der Waals surface area contributed by atoms with Gasteiger partial charge >= 0.3 is 0 Å². The number of likely N-dealkylation sites (tertiary alicyclic amines) is 1. The first-order chi connectivity index (χ1) is 11.4. The molecule has 0 radical (unpaired) electrons. The van der Waals surface area contributed by atoms with Gasteiger partial charge in [0.05, 0.1) is 0 Å². The smallest absolute Gasteiger partial charge is 0.289 e. The predicted molar refractivity (Wildman–Crippen MR) is 87.1 cm³/mol. The molecule has 2 aromatic rings. The van der Waals surface area contributed by atoms with Crippen molar-refractivity contribution in [3.8, 4) is 0 Å². The first-order valence-corrected chi connectivity index (χ1v) is 8.02. The lowest BCUT2D eigenvalue weighted by atomic mass is 10.0. The average molecular weight is 334 g/mol. The van der Waals surface area contributed by atoms with Gasteiger partial charge in [-0.15, -0.1) is 0 Å². The van der Waals surface area contributed by atoms with E-state index in [1.54, 1.807) is 4.90 Å². The van der Waals surface area contributed by atoms with Gasteiger partial charge in [0.15, 0.2) is 17.4 Å². The van der Waals surface area contributed by atoms with Crippen LogP contribution in [-0.2, 0) is 0 Å². The minimum absolute atomic E-state index is 0.0103. The summed E-state index contributed by atoms with van der Waals surface area (Å²) in [6.07, 6.45) is 1.70. The minimum Gasteiger partial charge on any atom is -0.456 e. The van der Waals surface area contributed by atoms with E-state index in [1.807, 2.05) is 19.9 Å². The zero-order chi connectivity index (χ0) is 17.3. The molecule has 1 aliphatic heterocycles. The van der Waals surface area contributed by atoms with Crippen molar-refractivity contribution in [2.24, 2.45) is 0 Å². The van der Waals surface area contributed by atoms with Crippen molar-refractivity contribution in [1.82, 2.24) is 4.90 Å². The number of amides is 1. The summed E-state index contributed by atoms with van der Waals surface area (Å²) in [4.78, 5) is 14.4. The summed E-state index contributed by atoms with van der Waals surface area (Å²) >= 11 is 0. The minimum atomic E-state index is -0.884. The van der Waals surface area contributed by atoms with Gasteiger partial charge in [-0.05, 0) is 44.9 Å². The summed E-state index contributed by atoms with van der Waals surface area (Å²) in [6, 6.07) is 5.56. The van der Waals surface area contributed by atoms with Crippen LogP contribution in [0.2, 0.25) is 0 Å². The van der Waals surface area contributed by atoms with E-state index in [0.29, 0.717) is 30.3 Å². The molecule has 1 aliphatic rings. The molecule has 24 heavy (non-hydrogen) atoms. The van der Waals surface area contributed by atoms with Crippen LogP contribution in [0.15, 0.2) is 28.7 Å². The number of piperidine rings is 1. The van der Waals surface area contributed by atoms with Gasteiger partial charge in [0.1, 0.15) is 5.76 Å². The van der Waals surface area contributed by atoms with E-state index in [4.69, 9.17) is 4.42 Å². The molecule has 0 aliphatic carbocycles. The molecule has 6 heteroatoms. The van der Waals surface area contributed by atoms with Gasteiger partial charge < -0.3 is 14.6 Å². The van der Waals surface area contributed by atoms with Crippen molar-refractivity contribution >= 4 is 11.6 Å². The van der Waals surface area contributed by atoms with E-state index >= 15 is 0 Å². The van der Waals surface area contributed by atoms with Gasteiger partial charge in [0.25, 0.3) is 5.91 Å². The topological polar surface area (TPSA) is 45.5 Å². The maximum Gasteiger partial charge on any atom is 0.289 e. The second kappa shape index (κ2) is 6.63. The molecule has 1 atom stereocenters. The fraction of sp³-hybridized carbons (Fsp3) is 0.389. The number of carbonyl (C=O) groups excluding carboxylic acids is 1. The third-order valence-corrected chi connectivity index (χ3v) is 4.23. The molecule has 0 bridgehead atoms. The van der Waals surface area contributed by atoms with Gasteiger partial charge in [-0.25, -0.2) is 8.78 Å². The summed E-state index contributed by atoms with van der Waals surface area (Å²) in [7, 11) is 0. The lowest BCUT2D eigenvalue weighted by Crippen LogP contribution is -2.45. The molecule has 1 fully saturated rings. The Morgan fingerprint density at radius 3 is 2.71 bits per heavy atom. The highest BCUT2D eigenvalue weighted by Crippen LogP contribution is 2.22. The summed E-state index contributed by atoms with van der Waals surface area (Å²) in [6.45, 7) is 4.82. The van der Waals surface area contributed by atoms with Crippen molar-refractivity contribution in [1.29, 1.82) is 0 Å². The number of anilines is 1. The Labute approximate surface area is 139 Å². The zero-order valence-electron chi connectivity index (χ0n) is 13.7. The number of nitrogens with one attached hydrogen (secondary N) is 1. The summed E-state index contributed by atoms with van der Waals surface area (Å²) in [5, 5.41) is 3.17. The van der Waals surface area contributed by atoms with Crippen LogP contribution in [0, 0.1) is 25.5 Å². The lowest BCUT2D eigenvalue weighted by molar-refractivity contribution is 0.0680. The quantitative estimate of drug-likeness (QED) is 0.926. The molecule has 128 valence electrons. The third kappa shape index (κ3) is 3.42. The Morgan fingerprint density at radius 2 is 2.04 bits per heavy atom. The number of halogens is 2. The highest BCUT2D eigenvalue weighted by molar-refractivity contribution is 5.93. The number of rotatable bonds is 3. The molecule has 1 saturated heterocycles. The van der Waals surface area contributed by atoms with Crippen molar-refractivity contribution in [2.45, 2.75) is 32.7 Å². The number of hydrogen-bond acceptors (Lipinski definition) is 3. The normalized spacial score (nSPS) is 17.8. The van der Waals surface area contributed by atoms with E-state index in [2.05, 4.69) is 5.32 Å². The average Bonchev–Trinajstić information content (AvgIpc) is 2.89. The highest BCUT2D eigenvalue weighted by Gasteiger charge is 2.27. The second-order valence-electron chi connectivity index (χ2n) is 6.23. The number of hydrogen-bond donors (Lipinski definition) is 1. The monoisotopic (exact) mass is 334 g/mol. The van der Waals surface area contributed by atoms with E-state index in [-0.39, 0.29) is 11.9 Å². The van der Waals surface area contributed by atoms with Crippen LogP contribution >= 0.6 is 0 Å². The molecule has 1 N–H and O–H groups in total. The molecular formula is C18H20F2N2O2. The number of carbonyl (C=O) groups is 1. The SMILES string of the molecule is Cc1cc(C)c(C(=O)N2CCC[C@@H](Nc3ccc(F)c(F)c3)C2)o1. The maximum atomic E-state index is 13.3. The molecule has 1 aromatic heterocycles. The Bertz CT molecular complexity index is 757. The summed E-state index contributed by atoms with van der Waals surface area (Å²) < 4.78 is 31.8. The first-order valence-electron chi connectivity index (χ1n) is 8.02. The number of aryl methyl sites for hydroxylation is 2. The van der Waals surface area contributed by atoms with E-state index in [9.17, 15) is 13.6 Å². The largest absolute Gasteiger partial charge is 0.456 e. The van der Waals surface area contributed by atoms with Crippen LogP contribution in [0.5, 0.6) is 0 Å². The number of nitrogens with zero attached hydrogens (tertiary/aromatic N) is 1. The van der Waals surface area contributed by atoms with Gasteiger partial charge in [-0.1, -0.05) is 0 Å². The molecule has 1 amide bonds. The molecular weight excluding hydrogens is 314 g/mol. The van der Waals surface area contributed by atoms with Gasteiger partial charge in [0.2, 0.25) is 0 Å². The number of furan rings is 1. The molecule has 0 spiro atoms.